The number of aromatic nitrogens is 2. The van der Waals surface area contributed by atoms with Gasteiger partial charge in [0.2, 0.25) is 11.3 Å². The summed E-state index contributed by atoms with van der Waals surface area (Å²) >= 11 is 0. The molecular weight excluding hydrogens is 386 g/mol. The molecule has 1 aliphatic rings. The lowest BCUT2D eigenvalue weighted by Crippen LogP contribution is -2.36. The minimum Gasteiger partial charge on any atom is -0.378 e. The maximum atomic E-state index is 12.5. The molecule has 1 saturated heterocycles. The zero-order chi connectivity index (χ0) is 20.9. The first-order chi connectivity index (χ1) is 14.6. The lowest BCUT2D eigenvalue weighted by atomic mass is 10.1. The van der Waals surface area contributed by atoms with Crippen molar-refractivity contribution in [2.75, 3.05) is 43.1 Å². The van der Waals surface area contributed by atoms with Crippen LogP contribution in [0.15, 0.2) is 53.6 Å². The van der Waals surface area contributed by atoms with Crippen LogP contribution in [0, 0.1) is 0 Å². The van der Waals surface area contributed by atoms with E-state index in [1.807, 2.05) is 6.07 Å². The van der Waals surface area contributed by atoms with Crippen LogP contribution >= 0.6 is 0 Å². The molecular formula is C21H21N5O4. The van der Waals surface area contributed by atoms with Crippen molar-refractivity contribution in [1.82, 2.24) is 15.3 Å². The number of amides is 2. The Morgan fingerprint density at radius 2 is 1.93 bits per heavy atom. The predicted molar refractivity (Wildman–Crippen MR) is 113 cm³/mol. The van der Waals surface area contributed by atoms with Gasteiger partial charge in [0.15, 0.2) is 0 Å². The number of anilines is 2. The number of morpholine rings is 1. The van der Waals surface area contributed by atoms with E-state index >= 15 is 0 Å². The molecule has 1 aromatic carbocycles. The van der Waals surface area contributed by atoms with Crippen LogP contribution in [0.25, 0.3) is 10.9 Å². The quantitative estimate of drug-likeness (QED) is 0.584. The highest BCUT2D eigenvalue weighted by Gasteiger charge is 2.15. The average molecular weight is 407 g/mol. The van der Waals surface area contributed by atoms with Crippen molar-refractivity contribution in [1.29, 1.82) is 0 Å². The van der Waals surface area contributed by atoms with Crippen molar-refractivity contribution in [3.8, 4) is 0 Å². The second-order valence-electron chi connectivity index (χ2n) is 6.81. The van der Waals surface area contributed by atoms with E-state index in [9.17, 15) is 14.4 Å². The van der Waals surface area contributed by atoms with Crippen LogP contribution in [0.2, 0.25) is 0 Å². The maximum Gasteiger partial charge on any atom is 0.257 e. The van der Waals surface area contributed by atoms with Crippen molar-refractivity contribution in [2.24, 2.45) is 0 Å². The number of aromatic amines is 1. The van der Waals surface area contributed by atoms with E-state index < -0.39 is 11.8 Å². The number of ether oxygens (including phenoxy) is 1. The number of fused-ring (bicyclic) bond motifs is 1. The van der Waals surface area contributed by atoms with Gasteiger partial charge in [-0.2, -0.15) is 0 Å². The van der Waals surface area contributed by atoms with Gasteiger partial charge in [-0.25, -0.2) is 4.98 Å². The fraction of sp³-hybridized carbons (Fsp3) is 0.238. The summed E-state index contributed by atoms with van der Waals surface area (Å²) in [4.78, 5) is 46.4. The Morgan fingerprint density at radius 1 is 1.13 bits per heavy atom. The Bertz CT molecular complexity index is 1120. The number of nitrogens with one attached hydrogen (secondary N) is 3. The largest absolute Gasteiger partial charge is 0.378 e. The van der Waals surface area contributed by atoms with Crippen LogP contribution in [0.1, 0.15) is 10.4 Å². The second kappa shape index (κ2) is 8.75. The summed E-state index contributed by atoms with van der Waals surface area (Å²) in [5.41, 5.74) is 0.739. The Kier molecular flexibility index (Phi) is 5.71. The van der Waals surface area contributed by atoms with Crippen LogP contribution in [-0.2, 0) is 9.53 Å². The van der Waals surface area contributed by atoms with Gasteiger partial charge in [0.05, 0.1) is 31.6 Å². The highest BCUT2D eigenvalue weighted by atomic mass is 16.5. The van der Waals surface area contributed by atoms with Crippen molar-refractivity contribution in [3.63, 3.8) is 0 Å². The van der Waals surface area contributed by atoms with Gasteiger partial charge in [-0.05, 0) is 24.3 Å². The standard InChI is InChI=1S/C21H21N5O4/c27-19(25-14-5-6-18(23-11-14)26-7-9-30-10-8-26)13-24-21(29)16-12-22-17-4-2-1-3-15(17)20(16)28/h1-6,11-12H,7-10,13H2,(H,22,28)(H,24,29)(H,25,27). The number of H-pyrrole nitrogens is 1. The van der Waals surface area contributed by atoms with Crippen LogP contribution in [0.3, 0.4) is 0 Å². The van der Waals surface area contributed by atoms with E-state index in [-0.39, 0.29) is 17.5 Å². The third-order valence-electron chi connectivity index (χ3n) is 4.81. The zero-order valence-electron chi connectivity index (χ0n) is 16.2. The molecule has 0 bridgehead atoms. The molecule has 1 fully saturated rings. The van der Waals surface area contributed by atoms with Gasteiger partial charge in [0, 0.05) is 30.2 Å². The maximum absolute atomic E-state index is 12.5. The fourth-order valence-electron chi connectivity index (χ4n) is 3.24. The third-order valence-corrected chi connectivity index (χ3v) is 4.81. The topological polar surface area (TPSA) is 116 Å². The lowest BCUT2D eigenvalue weighted by molar-refractivity contribution is -0.115. The van der Waals surface area contributed by atoms with Crippen molar-refractivity contribution >= 4 is 34.2 Å². The van der Waals surface area contributed by atoms with E-state index in [1.54, 1.807) is 36.5 Å². The summed E-state index contributed by atoms with van der Waals surface area (Å²) in [5, 5.41) is 5.57. The van der Waals surface area contributed by atoms with Crippen LogP contribution in [-0.4, -0.2) is 54.6 Å². The zero-order valence-corrected chi connectivity index (χ0v) is 16.2. The Morgan fingerprint density at radius 3 is 2.70 bits per heavy atom. The molecule has 154 valence electrons. The highest BCUT2D eigenvalue weighted by Crippen LogP contribution is 2.15. The summed E-state index contributed by atoms with van der Waals surface area (Å²) in [7, 11) is 0. The summed E-state index contributed by atoms with van der Waals surface area (Å²) in [6.45, 7) is 2.62. The molecule has 0 aliphatic carbocycles. The number of nitrogens with zero attached hydrogens (tertiary/aromatic N) is 2. The molecule has 3 aromatic rings. The van der Waals surface area contributed by atoms with Gasteiger partial charge in [-0.15, -0.1) is 0 Å². The van der Waals surface area contributed by atoms with E-state index in [1.165, 1.54) is 6.20 Å². The molecule has 3 N–H and O–H groups in total. The number of hydrogen-bond acceptors (Lipinski definition) is 6. The molecule has 0 atom stereocenters. The number of hydrogen-bond donors (Lipinski definition) is 3. The van der Waals surface area contributed by atoms with Crippen molar-refractivity contribution in [2.45, 2.75) is 0 Å². The number of carbonyl (C=O) groups is 2. The van der Waals surface area contributed by atoms with Gasteiger partial charge in [-0.1, -0.05) is 12.1 Å². The first-order valence-electron chi connectivity index (χ1n) is 9.59. The van der Waals surface area contributed by atoms with E-state index in [2.05, 4.69) is 25.5 Å². The number of para-hydroxylation sites is 1. The number of pyridine rings is 2. The van der Waals surface area contributed by atoms with Gasteiger partial charge in [0.1, 0.15) is 11.4 Å². The highest BCUT2D eigenvalue weighted by molar-refractivity contribution is 6.00. The minimum atomic E-state index is -0.613. The van der Waals surface area contributed by atoms with Gasteiger partial charge < -0.3 is 25.3 Å². The molecule has 2 aromatic heterocycles. The molecule has 1 aliphatic heterocycles. The fourth-order valence-corrected chi connectivity index (χ4v) is 3.24. The normalized spacial score (nSPS) is 13.8. The number of carbonyl (C=O) groups excluding carboxylic acids is 2. The molecule has 9 heteroatoms. The Balaban J connectivity index is 1.34. The Labute approximate surface area is 172 Å². The average Bonchev–Trinajstić information content (AvgIpc) is 2.79. The lowest BCUT2D eigenvalue weighted by Gasteiger charge is -2.27. The summed E-state index contributed by atoms with van der Waals surface area (Å²) < 4.78 is 5.32. The second-order valence-corrected chi connectivity index (χ2v) is 6.81. The molecule has 3 heterocycles. The van der Waals surface area contributed by atoms with Crippen LogP contribution < -0.4 is 21.0 Å². The van der Waals surface area contributed by atoms with E-state index in [4.69, 9.17) is 4.74 Å². The minimum absolute atomic E-state index is 0.0435. The molecule has 2 amide bonds. The van der Waals surface area contributed by atoms with Gasteiger partial charge in [-0.3, -0.25) is 14.4 Å². The summed E-state index contributed by atoms with van der Waals surface area (Å²) in [6, 6.07) is 10.5. The third kappa shape index (κ3) is 4.31. The molecule has 0 radical (unpaired) electrons. The SMILES string of the molecule is O=C(CNC(=O)c1c[nH]c2ccccc2c1=O)Nc1ccc(N2CCOCC2)nc1. The van der Waals surface area contributed by atoms with Crippen LogP contribution in [0.4, 0.5) is 11.5 Å². The number of benzene rings is 1. The van der Waals surface area contributed by atoms with Gasteiger partial charge in [0.25, 0.3) is 5.91 Å². The van der Waals surface area contributed by atoms with Crippen molar-refractivity contribution in [3.05, 3.63) is 64.6 Å². The predicted octanol–water partition coefficient (Wildman–Crippen LogP) is 1.13. The summed E-state index contributed by atoms with van der Waals surface area (Å²) in [6.07, 6.45) is 2.92. The first-order valence-corrected chi connectivity index (χ1v) is 9.59. The summed E-state index contributed by atoms with van der Waals surface area (Å²) in [5.74, 6) is -0.209. The molecule has 9 nitrogen and oxygen atoms in total. The monoisotopic (exact) mass is 407 g/mol. The molecule has 0 saturated carbocycles. The van der Waals surface area contributed by atoms with Crippen LogP contribution in [0.5, 0.6) is 0 Å². The number of rotatable bonds is 5. The molecule has 30 heavy (non-hydrogen) atoms. The van der Waals surface area contributed by atoms with Gasteiger partial charge >= 0.3 is 0 Å². The first kappa shape index (κ1) is 19.6. The van der Waals surface area contributed by atoms with E-state index in [0.717, 1.165) is 18.9 Å². The van der Waals surface area contributed by atoms with E-state index in [0.29, 0.717) is 29.8 Å². The molecule has 0 spiro atoms. The smallest absolute Gasteiger partial charge is 0.257 e. The molecule has 0 unspecified atom stereocenters. The van der Waals surface area contributed by atoms with Crippen molar-refractivity contribution < 1.29 is 14.3 Å². The Hall–Kier alpha value is -3.72. The molecule has 4 rings (SSSR count).